The molecule has 184 valence electrons. The molecule has 2 unspecified atom stereocenters. The van der Waals surface area contributed by atoms with E-state index in [0.29, 0.717) is 51.6 Å². The Kier molecular flexibility index (Phi) is 9.84. The predicted octanol–water partition coefficient (Wildman–Crippen LogP) is -0.234. The maximum atomic E-state index is 12.9. The lowest BCUT2D eigenvalue weighted by Crippen LogP contribution is -2.47. The van der Waals surface area contributed by atoms with Crippen LogP contribution >= 0.6 is 0 Å². The van der Waals surface area contributed by atoms with Crippen LogP contribution in [0.2, 0.25) is 0 Å². The molecule has 0 aromatic carbocycles. The number of urea groups is 1. The highest BCUT2D eigenvalue weighted by atomic mass is 16.5. The number of hydrogen-bond acceptors (Lipinski definition) is 9. The number of guanidine groups is 1. The number of carbonyl (C=O) groups excluding carboxylic acids is 2. The average molecular weight is 469 g/mol. The molecule has 1 aromatic heterocycles. The number of rotatable bonds is 12. The highest BCUT2D eigenvalue weighted by Gasteiger charge is 2.36. The zero-order chi connectivity index (χ0) is 24.4. The van der Waals surface area contributed by atoms with E-state index in [9.17, 15) is 14.4 Å². The Hall–Kier alpha value is -3.42. The van der Waals surface area contributed by atoms with Gasteiger partial charge in [0, 0.05) is 19.5 Å². The molecule has 1 aliphatic rings. The van der Waals surface area contributed by atoms with Crippen LogP contribution in [0.5, 0.6) is 0 Å². The molecule has 14 nitrogen and oxygen atoms in total. The minimum atomic E-state index is -0.910. The van der Waals surface area contributed by atoms with Gasteiger partial charge in [0.15, 0.2) is 11.8 Å². The van der Waals surface area contributed by atoms with Crippen LogP contribution in [-0.2, 0) is 14.3 Å². The molecular weight excluding hydrogens is 436 g/mol. The number of nitrogens with one attached hydrogen (secondary N) is 1. The molecule has 0 bridgehead atoms. The number of carbonyl (C=O) groups is 3. The number of hydrogen-bond donors (Lipinski definition) is 5. The molecule has 3 atom stereocenters. The van der Waals surface area contributed by atoms with E-state index < -0.39 is 36.1 Å². The summed E-state index contributed by atoms with van der Waals surface area (Å²) in [6.07, 6.45) is 2.80. The van der Waals surface area contributed by atoms with Gasteiger partial charge in [-0.3, -0.25) is 9.79 Å². The molecule has 1 saturated heterocycles. The van der Waals surface area contributed by atoms with Crippen LogP contribution in [0.25, 0.3) is 0 Å². The molecule has 0 spiro atoms. The van der Waals surface area contributed by atoms with Crippen molar-refractivity contribution in [3.05, 3.63) is 11.7 Å². The monoisotopic (exact) mass is 468 g/mol. The van der Waals surface area contributed by atoms with Crippen molar-refractivity contribution in [2.24, 2.45) is 22.2 Å². The van der Waals surface area contributed by atoms with Gasteiger partial charge >= 0.3 is 18.0 Å². The van der Waals surface area contributed by atoms with E-state index in [-0.39, 0.29) is 24.1 Å². The summed E-state index contributed by atoms with van der Waals surface area (Å²) in [6.45, 7) is 0.745. The fourth-order valence-corrected chi connectivity index (χ4v) is 3.53. The summed E-state index contributed by atoms with van der Waals surface area (Å²) in [6, 6.07) is -2.39. The molecule has 14 heteroatoms. The molecule has 2 heterocycles. The molecule has 1 aliphatic heterocycles. The van der Waals surface area contributed by atoms with Crippen molar-refractivity contribution in [1.29, 1.82) is 0 Å². The normalized spacial score (nSPS) is 17.3. The van der Waals surface area contributed by atoms with Crippen molar-refractivity contribution in [3.63, 3.8) is 0 Å². The van der Waals surface area contributed by atoms with Gasteiger partial charge in [-0.2, -0.15) is 4.98 Å². The highest BCUT2D eigenvalue weighted by Crippen LogP contribution is 2.23. The topological polar surface area (TPSA) is 225 Å². The maximum Gasteiger partial charge on any atom is 0.328 e. The standard InChI is InChI=1S/C19H32N8O6/c1-32-17(30)13-7-4-10-27(13)19(31)24-12(6-3-9-23-18(21)22)16-25-15(26-33-16)11(20)5-2-8-14(28)29/h11-13H,2-10,20H2,1H3,(H,24,31)(H,28,29)(H4,21,22,23)/t11-,12?,13?/m0/s1. The Morgan fingerprint density at radius 1 is 1.33 bits per heavy atom. The number of ether oxygens (including phenoxy) is 1. The van der Waals surface area contributed by atoms with Gasteiger partial charge < -0.3 is 41.8 Å². The third kappa shape index (κ3) is 7.89. The highest BCUT2D eigenvalue weighted by molar-refractivity contribution is 5.84. The third-order valence-electron chi connectivity index (χ3n) is 5.22. The molecular formula is C19H32N8O6. The van der Waals surface area contributed by atoms with E-state index in [1.807, 2.05) is 0 Å². The van der Waals surface area contributed by atoms with E-state index >= 15 is 0 Å². The second kappa shape index (κ2) is 12.6. The van der Waals surface area contributed by atoms with E-state index in [2.05, 4.69) is 20.4 Å². The van der Waals surface area contributed by atoms with Crippen LogP contribution in [0.3, 0.4) is 0 Å². The SMILES string of the molecule is COC(=O)C1CCCN1C(=O)NC(CCCN=C(N)N)c1nc([C@@H](N)CCCC(=O)O)no1. The first-order chi connectivity index (χ1) is 15.7. The number of aliphatic carboxylic acids is 1. The lowest BCUT2D eigenvalue weighted by atomic mass is 10.1. The van der Waals surface area contributed by atoms with Crippen molar-refractivity contribution in [2.75, 3.05) is 20.2 Å². The number of likely N-dealkylation sites (tertiary alicyclic amines) is 1. The number of amides is 2. The number of methoxy groups -OCH3 is 1. The number of aromatic nitrogens is 2. The Labute approximate surface area is 190 Å². The molecule has 33 heavy (non-hydrogen) atoms. The second-order valence-corrected chi connectivity index (χ2v) is 7.71. The first-order valence-corrected chi connectivity index (χ1v) is 10.7. The van der Waals surface area contributed by atoms with Crippen LogP contribution in [0.4, 0.5) is 4.79 Å². The Balaban J connectivity index is 2.09. The van der Waals surface area contributed by atoms with Crippen LogP contribution in [0.1, 0.15) is 68.7 Å². The summed E-state index contributed by atoms with van der Waals surface area (Å²) in [5, 5.41) is 15.5. The van der Waals surface area contributed by atoms with Gasteiger partial charge in [0.25, 0.3) is 0 Å². The van der Waals surface area contributed by atoms with Gasteiger partial charge in [0.1, 0.15) is 12.1 Å². The number of carboxylic acid groups (broad SMARTS) is 1. The van der Waals surface area contributed by atoms with Crippen molar-refractivity contribution in [2.45, 2.75) is 63.1 Å². The molecule has 2 amide bonds. The second-order valence-electron chi connectivity index (χ2n) is 7.71. The van der Waals surface area contributed by atoms with Crippen molar-refractivity contribution in [1.82, 2.24) is 20.4 Å². The van der Waals surface area contributed by atoms with E-state index in [1.54, 1.807) is 0 Å². The summed E-state index contributed by atoms with van der Waals surface area (Å²) in [5.41, 5.74) is 16.8. The van der Waals surface area contributed by atoms with Gasteiger partial charge in [-0.1, -0.05) is 5.16 Å². The van der Waals surface area contributed by atoms with Gasteiger partial charge in [-0.05, 0) is 38.5 Å². The fraction of sp³-hybridized carbons (Fsp3) is 0.684. The zero-order valence-electron chi connectivity index (χ0n) is 18.6. The molecule has 0 aliphatic carbocycles. The lowest BCUT2D eigenvalue weighted by molar-refractivity contribution is -0.145. The number of carboxylic acids is 1. The van der Waals surface area contributed by atoms with Crippen molar-refractivity contribution >= 4 is 23.9 Å². The van der Waals surface area contributed by atoms with Crippen molar-refractivity contribution < 1.29 is 28.8 Å². The molecule has 1 aromatic rings. The largest absolute Gasteiger partial charge is 0.481 e. The molecule has 0 saturated carbocycles. The molecule has 8 N–H and O–H groups in total. The number of esters is 1. The number of aliphatic imine (C=N–C) groups is 1. The minimum absolute atomic E-state index is 0.0148. The van der Waals surface area contributed by atoms with Crippen LogP contribution in [0.15, 0.2) is 9.52 Å². The Bertz CT molecular complexity index is 840. The summed E-state index contributed by atoms with van der Waals surface area (Å²) >= 11 is 0. The molecule has 2 rings (SSSR count). The summed E-state index contributed by atoms with van der Waals surface area (Å²) < 4.78 is 10.1. The van der Waals surface area contributed by atoms with Crippen molar-refractivity contribution in [3.8, 4) is 0 Å². The smallest absolute Gasteiger partial charge is 0.328 e. The number of nitrogens with two attached hydrogens (primary N) is 3. The van der Waals surface area contributed by atoms with Gasteiger partial charge in [-0.25, -0.2) is 9.59 Å². The fourth-order valence-electron chi connectivity index (χ4n) is 3.53. The Morgan fingerprint density at radius 3 is 2.76 bits per heavy atom. The van der Waals surface area contributed by atoms with Gasteiger partial charge in [0.2, 0.25) is 5.89 Å². The van der Waals surface area contributed by atoms with Crippen LogP contribution < -0.4 is 22.5 Å². The average Bonchev–Trinajstić information content (AvgIpc) is 3.44. The molecule has 1 fully saturated rings. The van der Waals surface area contributed by atoms with Gasteiger partial charge in [-0.15, -0.1) is 0 Å². The van der Waals surface area contributed by atoms with Crippen LogP contribution in [-0.4, -0.2) is 70.3 Å². The first-order valence-electron chi connectivity index (χ1n) is 10.7. The van der Waals surface area contributed by atoms with E-state index in [4.69, 9.17) is 31.6 Å². The summed E-state index contributed by atoms with van der Waals surface area (Å²) in [4.78, 5) is 45.3. The minimum Gasteiger partial charge on any atom is -0.481 e. The summed E-state index contributed by atoms with van der Waals surface area (Å²) in [7, 11) is 1.28. The molecule has 0 radical (unpaired) electrons. The van der Waals surface area contributed by atoms with Gasteiger partial charge in [0.05, 0.1) is 13.2 Å². The third-order valence-corrected chi connectivity index (χ3v) is 5.22. The maximum absolute atomic E-state index is 12.9. The summed E-state index contributed by atoms with van der Waals surface area (Å²) in [5.74, 6) is -1.06. The lowest BCUT2D eigenvalue weighted by Gasteiger charge is -2.25. The Morgan fingerprint density at radius 2 is 2.09 bits per heavy atom. The van der Waals surface area contributed by atoms with E-state index in [0.717, 1.165) is 0 Å². The first kappa shape index (κ1) is 25.8. The quantitative estimate of drug-likeness (QED) is 0.116. The van der Waals surface area contributed by atoms with E-state index in [1.165, 1.54) is 12.0 Å². The number of nitrogens with zero attached hydrogens (tertiary/aromatic N) is 4. The predicted molar refractivity (Wildman–Crippen MR) is 116 cm³/mol. The zero-order valence-corrected chi connectivity index (χ0v) is 18.6. The van der Waals surface area contributed by atoms with Crippen LogP contribution in [0, 0.1) is 0 Å².